The molecule has 7 heteroatoms. The standard InChI is InChI=1S/C17H26BN3O3/c1-2-10-21-11-6-9-15(21)13-19-17(22)20-16(18(23)24)12-14-7-4-3-5-8-14/h2-5,7-8,10,15-16,23-24H,6,9,11-13H2,1H3,(H2,19,20,22)/t15-,16?/m0/s1. The van der Waals surface area contributed by atoms with Gasteiger partial charge in [-0.2, -0.15) is 0 Å². The molecule has 0 aromatic heterocycles. The Morgan fingerprint density at radius 3 is 2.83 bits per heavy atom. The van der Waals surface area contributed by atoms with Gasteiger partial charge in [0.25, 0.3) is 0 Å². The van der Waals surface area contributed by atoms with E-state index in [4.69, 9.17) is 0 Å². The predicted octanol–water partition coefficient (Wildman–Crippen LogP) is 0.907. The van der Waals surface area contributed by atoms with E-state index in [0.29, 0.717) is 19.0 Å². The molecular weight excluding hydrogens is 305 g/mol. The van der Waals surface area contributed by atoms with E-state index in [2.05, 4.69) is 15.5 Å². The average Bonchev–Trinajstić information content (AvgIpc) is 3.01. The summed E-state index contributed by atoms with van der Waals surface area (Å²) < 4.78 is 0. The van der Waals surface area contributed by atoms with Crippen molar-refractivity contribution in [2.24, 2.45) is 0 Å². The molecule has 2 rings (SSSR count). The van der Waals surface area contributed by atoms with Crippen LogP contribution in [0.4, 0.5) is 4.79 Å². The zero-order valence-electron chi connectivity index (χ0n) is 14.1. The largest absolute Gasteiger partial charge is 0.475 e. The van der Waals surface area contributed by atoms with Gasteiger partial charge in [-0.05, 0) is 37.9 Å². The third-order valence-electron chi connectivity index (χ3n) is 4.24. The third kappa shape index (κ3) is 5.58. The number of likely N-dealkylation sites (tertiary alicyclic amines) is 1. The van der Waals surface area contributed by atoms with Gasteiger partial charge in [-0.25, -0.2) is 4.79 Å². The molecule has 2 amide bonds. The van der Waals surface area contributed by atoms with Gasteiger partial charge in [0.2, 0.25) is 0 Å². The first kappa shape index (κ1) is 18.4. The van der Waals surface area contributed by atoms with Crippen LogP contribution in [-0.4, -0.2) is 53.2 Å². The lowest BCUT2D eigenvalue weighted by atomic mass is 9.76. The first-order valence-corrected chi connectivity index (χ1v) is 8.43. The second-order valence-electron chi connectivity index (χ2n) is 6.08. The maximum absolute atomic E-state index is 12.1. The molecule has 130 valence electrons. The van der Waals surface area contributed by atoms with Gasteiger partial charge in [0.15, 0.2) is 0 Å². The van der Waals surface area contributed by atoms with Gasteiger partial charge in [-0.1, -0.05) is 36.4 Å². The van der Waals surface area contributed by atoms with Gasteiger partial charge in [0.05, 0.1) is 5.94 Å². The lowest BCUT2D eigenvalue weighted by Crippen LogP contribution is -2.52. The van der Waals surface area contributed by atoms with Crippen molar-refractivity contribution in [2.75, 3.05) is 13.1 Å². The van der Waals surface area contributed by atoms with E-state index in [0.717, 1.165) is 24.9 Å². The summed E-state index contributed by atoms with van der Waals surface area (Å²) in [5.41, 5.74) is 0.936. The van der Waals surface area contributed by atoms with Crippen molar-refractivity contribution in [2.45, 2.75) is 38.2 Å². The van der Waals surface area contributed by atoms with Crippen LogP contribution < -0.4 is 10.6 Å². The van der Waals surface area contributed by atoms with E-state index in [1.165, 1.54) is 0 Å². The molecule has 6 nitrogen and oxygen atoms in total. The first-order chi connectivity index (χ1) is 11.6. The fourth-order valence-corrected chi connectivity index (χ4v) is 2.99. The molecule has 0 saturated carbocycles. The number of benzene rings is 1. The summed E-state index contributed by atoms with van der Waals surface area (Å²) in [5, 5.41) is 24.5. The summed E-state index contributed by atoms with van der Waals surface area (Å²) in [6, 6.07) is 9.35. The molecule has 1 unspecified atom stereocenters. The van der Waals surface area contributed by atoms with Crippen molar-refractivity contribution in [3.05, 3.63) is 48.2 Å². The van der Waals surface area contributed by atoms with Gasteiger partial charge in [-0.15, -0.1) is 0 Å². The van der Waals surface area contributed by atoms with Crippen LogP contribution in [-0.2, 0) is 6.42 Å². The molecule has 1 aliphatic heterocycles. The van der Waals surface area contributed by atoms with Crippen LogP contribution in [0.1, 0.15) is 25.3 Å². The summed E-state index contributed by atoms with van der Waals surface area (Å²) in [6.07, 6.45) is 6.56. The van der Waals surface area contributed by atoms with Crippen molar-refractivity contribution in [3.63, 3.8) is 0 Å². The zero-order chi connectivity index (χ0) is 17.4. The van der Waals surface area contributed by atoms with E-state index >= 15 is 0 Å². The van der Waals surface area contributed by atoms with Gasteiger partial charge in [-0.3, -0.25) is 0 Å². The van der Waals surface area contributed by atoms with E-state index in [9.17, 15) is 14.8 Å². The van der Waals surface area contributed by atoms with Gasteiger partial charge >= 0.3 is 13.1 Å². The second kappa shape index (κ2) is 9.34. The van der Waals surface area contributed by atoms with Crippen LogP contribution >= 0.6 is 0 Å². The Labute approximate surface area is 143 Å². The number of allylic oxidation sites excluding steroid dienone is 1. The quantitative estimate of drug-likeness (QED) is 0.560. The molecule has 0 spiro atoms. The monoisotopic (exact) mass is 331 g/mol. The molecule has 24 heavy (non-hydrogen) atoms. The molecule has 0 radical (unpaired) electrons. The minimum absolute atomic E-state index is 0.290. The minimum Gasteiger partial charge on any atom is -0.426 e. The van der Waals surface area contributed by atoms with Gasteiger partial charge in [0, 0.05) is 19.1 Å². The molecule has 1 saturated heterocycles. The number of nitrogens with one attached hydrogen (secondary N) is 2. The Morgan fingerprint density at radius 2 is 2.17 bits per heavy atom. The third-order valence-corrected chi connectivity index (χ3v) is 4.24. The van der Waals surface area contributed by atoms with Crippen LogP contribution in [0.25, 0.3) is 0 Å². The van der Waals surface area contributed by atoms with Crippen molar-refractivity contribution in [1.29, 1.82) is 0 Å². The maximum atomic E-state index is 12.1. The van der Waals surface area contributed by atoms with Crippen molar-refractivity contribution >= 4 is 13.1 Å². The highest BCUT2D eigenvalue weighted by Gasteiger charge is 2.26. The van der Waals surface area contributed by atoms with E-state index in [-0.39, 0.29) is 6.03 Å². The summed E-state index contributed by atoms with van der Waals surface area (Å²) in [4.78, 5) is 14.3. The highest BCUT2D eigenvalue weighted by molar-refractivity contribution is 6.43. The predicted molar refractivity (Wildman–Crippen MR) is 95.2 cm³/mol. The molecule has 1 aromatic carbocycles. The van der Waals surface area contributed by atoms with Crippen LogP contribution in [0.5, 0.6) is 0 Å². The Morgan fingerprint density at radius 1 is 1.42 bits per heavy atom. The van der Waals surface area contributed by atoms with E-state index in [1.807, 2.05) is 49.5 Å². The number of nitrogens with zero attached hydrogens (tertiary/aromatic N) is 1. The SMILES string of the molecule is CC=CN1CCC[C@H]1CNC(=O)NC(Cc1ccccc1)B(O)O. The van der Waals surface area contributed by atoms with Crippen LogP contribution in [0.2, 0.25) is 0 Å². The highest BCUT2D eigenvalue weighted by atomic mass is 16.4. The second-order valence-corrected chi connectivity index (χ2v) is 6.08. The Kier molecular flexibility index (Phi) is 7.15. The van der Waals surface area contributed by atoms with Crippen molar-refractivity contribution in [3.8, 4) is 0 Å². The van der Waals surface area contributed by atoms with E-state index in [1.54, 1.807) is 0 Å². The lowest BCUT2D eigenvalue weighted by Gasteiger charge is -2.24. The lowest BCUT2D eigenvalue weighted by molar-refractivity contribution is 0.233. The van der Waals surface area contributed by atoms with E-state index < -0.39 is 13.1 Å². The summed E-state index contributed by atoms with van der Waals surface area (Å²) in [7, 11) is -1.61. The normalized spacial score (nSPS) is 18.6. The Balaban J connectivity index is 1.82. The Hall–Kier alpha value is -1.99. The number of urea groups is 1. The van der Waals surface area contributed by atoms with Crippen LogP contribution in [0.3, 0.4) is 0 Å². The molecule has 1 aliphatic rings. The van der Waals surface area contributed by atoms with Crippen LogP contribution in [0.15, 0.2) is 42.6 Å². The average molecular weight is 331 g/mol. The molecule has 1 heterocycles. The number of hydrogen-bond acceptors (Lipinski definition) is 4. The van der Waals surface area contributed by atoms with Crippen LogP contribution in [0, 0.1) is 0 Å². The minimum atomic E-state index is -1.61. The molecule has 2 atom stereocenters. The number of carbonyl (C=O) groups excluding carboxylic acids is 1. The molecule has 0 aliphatic carbocycles. The summed E-state index contributed by atoms with van der Waals surface area (Å²) in [5.74, 6) is -0.748. The number of hydrogen-bond donors (Lipinski definition) is 4. The van der Waals surface area contributed by atoms with Gasteiger partial charge in [0.1, 0.15) is 0 Å². The Bertz CT molecular complexity index is 539. The first-order valence-electron chi connectivity index (χ1n) is 8.43. The number of rotatable bonds is 7. The maximum Gasteiger partial charge on any atom is 0.475 e. The molecular formula is C17H26BN3O3. The topological polar surface area (TPSA) is 84.8 Å². The smallest absolute Gasteiger partial charge is 0.426 e. The fourth-order valence-electron chi connectivity index (χ4n) is 2.99. The summed E-state index contributed by atoms with van der Waals surface area (Å²) in [6.45, 7) is 3.52. The molecule has 0 bridgehead atoms. The number of amides is 2. The van der Waals surface area contributed by atoms with Crippen molar-refractivity contribution < 1.29 is 14.8 Å². The summed E-state index contributed by atoms with van der Waals surface area (Å²) >= 11 is 0. The molecule has 1 fully saturated rings. The van der Waals surface area contributed by atoms with Crippen molar-refractivity contribution in [1.82, 2.24) is 15.5 Å². The molecule has 4 N–H and O–H groups in total. The fraction of sp³-hybridized carbons (Fsp3) is 0.471. The molecule has 1 aromatic rings. The van der Waals surface area contributed by atoms with Gasteiger partial charge < -0.3 is 25.6 Å². The highest BCUT2D eigenvalue weighted by Crippen LogP contribution is 2.16. The zero-order valence-corrected chi connectivity index (χ0v) is 14.1. The number of carbonyl (C=O) groups is 1.